The quantitative estimate of drug-likeness (QED) is 0.628. The minimum atomic E-state index is -2.93. The summed E-state index contributed by atoms with van der Waals surface area (Å²) in [5, 5.41) is 2.76. The zero-order valence-corrected chi connectivity index (χ0v) is 17.5. The first-order chi connectivity index (χ1) is 15.3. The van der Waals surface area contributed by atoms with Gasteiger partial charge in [0.15, 0.2) is 11.5 Å². The molecule has 8 nitrogen and oxygen atoms in total. The van der Waals surface area contributed by atoms with Crippen LogP contribution >= 0.6 is 0 Å². The first kappa shape index (κ1) is 20.7. The van der Waals surface area contributed by atoms with Crippen LogP contribution in [0.4, 0.5) is 14.6 Å². The van der Waals surface area contributed by atoms with Crippen LogP contribution in [0.3, 0.4) is 0 Å². The third-order valence-electron chi connectivity index (χ3n) is 6.24. The number of oxazole rings is 1. The van der Waals surface area contributed by atoms with Crippen molar-refractivity contribution < 1.29 is 18.0 Å². The normalized spacial score (nSPS) is 22.0. The topological polar surface area (TPSA) is 104 Å². The van der Waals surface area contributed by atoms with Gasteiger partial charge in [0.25, 0.3) is 5.92 Å². The number of carbonyl (C=O) groups excluding carboxylic acids is 1. The molecule has 4 heterocycles. The molecular weight excluding hydrogens is 420 g/mol. The van der Waals surface area contributed by atoms with E-state index in [0.29, 0.717) is 34.4 Å². The highest BCUT2D eigenvalue weighted by atomic mass is 19.3. The van der Waals surface area contributed by atoms with Gasteiger partial charge in [-0.05, 0) is 37.5 Å². The molecule has 2 N–H and O–H groups in total. The predicted molar refractivity (Wildman–Crippen MR) is 113 cm³/mol. The van der Waals surface area contributed by atoms with Crippen LogP contribution in [-0.2, 0) is 4.79 Å². The number of hydrogen-bond donors (Lipinski definition) is 2. The van der Waals surface area contributed by atoms with E-state index in [2.05, 4.69) is 20.3 Å². The maximum atomic E-state index is 14.6. The second-order valence-corrected chi connectivity index (χ2v) is 8.55. The number of carbonyl (C=O) groups is 1. The summed E-state index contributed by atoms with van der Waals surface area (Å²) in [5.41, 5.74) is 1.00. The summed E-state index contributed by atoms with van der Waals surface area (Å²) in [6.07, 6.45) is 3.06. The Morgan fingerprint density at radius 2 is 2.09 bits per heavy atom. The average Bonchev–Trinajstić information content (AvgIpc) is 3.53. The molecule has 0 bridgehead atoms. The lowest BCUT2D eigenvalue weighted by molar-refractivity contribution is -0.125. The van der Waals surface area contributed by atoms with E-state index in [9.17, 15) is 18.4 Å². The smallest absolute Gasteiger partial charge is 0.257 e. The Hall–Kier alpha value is -3.14. The zero-order chi connectivity index (χ0) is 22.5. The summed E-state index contributed by atoms with van der Waals surface area (Å²) in [6, 6.07) is 5.37. The number of rotatable bonds is 5. The molecule has 2 fully saturated rings. The Morgan fingerprint density at radius 3 is 2.81 bits per heavy atom. The lowest BCUT2D eigenvalue weighted by atomic mass is 9.87. The van der Waals surface area contributed by atoms with Crippen molar-refractivity contribution in [3.05, 3.63) is 52.3 Å². The molecule has 1 saturated carbocycles. The fourth-order valence-corrected chi connectivity index (χ4v) is 4.07. The number of nitrogens with one attached hydrogen (secondary N) is 2. The van der Waals surface area contributed by atoms with Gasteiger partial charge in [-0.15, -0.1) is 0 Å². The first-order valence-corrected chi connectivity index (χ1v) is 10.7. The number of alkyl halides is 2. The monoisotopic (exact) mass is 443 g/mol. The number of nitrogens with zero attached hydrogens (tertiary/aromatic N) is 3. The Balaban J connectivity index is 1.29. The summed E-state index contributed by atoms with van der Waals surface area (Å²) >= 11 is 0. The Morgan fingerprint density at radius 1 is 1.28 bits per heavy atom. The molecule has 3 aromatic rings. The third-order valence-corrected chi connectivity index (χ3v) is 6.24. The van der Waals surface area contributed by atoms with Crippen LogP contribution in [0.15, 0.2) is 39.7 Å². The molecule has 1 saturated heterocycles. The van der Waals surface area contributed by atoms with Crippen LogP contribution in [0.1, 0.15) is 49.5 Å². The molecular formula is C22H23F2N5O3. The molecule has 0 spiro atoms. The van der Waals surface area contributed by atoms with E-state index >= 15 is 0 Å². The van der Waals surface area contributed by atoms with E-state index in [4.69, 9.17) is 4.42 Å². The van der Waals surface area contributed by atoms with Crippen molar-refractivity contribution in [2.45, 2.75) is 50.0 Å². The van der Waals surface area contributed by atoms with Crippen LogP contribution in [0.2, 0.25) is 0 Å². The van der Waals surface area contributed by atoms with Crippen molar-refractivity contribution in [3.63, 3.8) is 0 Å². The molecule has 10 heteroatoms. The maximum Gasteiger partial charge on any atom is 0.257 e. The fraction of sp³-hybridized carbons (Fsp3) is 0.455. The number of halogens is 2. The van der Waals surface area contributed by atoms with Gasteiger partial charge in [0.2, 0.25) is 17.1 Å². The van der Waals surface area contributed by atoms with Gasteiger partial charge in [0.1, 0.15) is 5.82 Å². The Kier molecular flexibility index (Phi) is 5.04. The van der Waals surface area contributed by atoms with Crippen molar-refractivity contribution >= 4 is 23.0 Å². The first-order valence-electron chi connectivity index (χ1n) is 10.7. The number of hydrogen-bond acceptors (Lipinski definition) is 6. The minimum absolute atomic E-state index is 0.00582. The second-order valence-electron chi connectivity index (χ2n) is 8.55. The standard InChI is InChI=1S/C22H23F2N5O3/c1-12(29-9-8-22(23,24)15(11-29)14-4-7-18(30)25-10-14)20(31)27-17-6-5-16-19(26-17)28-21(32-16)13-2-3-13/h4-7,10,12-13,15H,2-3,8-9,11H2,1H3,(H,25,30)(H,26,27,31). The van der Waals surface area contributed by atoms with Crippen LogP contribution < -0.4 is 10.9 Å². The van der Waals surface area contributed by atoms with Gasteiger partial charge in [-0.2, -0.15) is 4.98 Å². The molecule has 2 atom stereocenters. The van der Waals surface area contributed by atoms with Gasteiger partial charge in [-0.25, -0.2) is 13.8 Å². The number of likely N-dealkylation sites (tertiary alicyclic amines) is 1. The SMILES string of the molecule is CC(C(=O)Nc1ccc2oc(C3CC3)nc2n1)N1CCC(F)(F)C(c2ccc(=O)[nH]c2)C1. The Bertz CT molecular complexity index is 1200. The number of aromatic nitrogens is 3. The number of amides is 1. The largest absolute Gasteiger partial charge is 0.439 e. The van der Waals surface area contributed by atoms with Gasteiger partial charge >= 0.3 is 0 Å². The number of fused-ring (bicyclic) bond motifs is 1. The fourth-order valence-electron chi connectivity index (χ4n) is 4.07. The van der Waals surface area contributed by atoms with Crippen molar-refractivity contribution in [3.8, 4) is 0 Å². The highest BCUT2D eigenvalue weighted by Crippen LogP contribution is 2.41. The highest BCUT2D eigenvalue weighted by Gasteiger charge is 2.46. The van der Waals surface area contributed by atoms with E-state index < -0.39 is 17.9 Å². The second kappa shape index (κ2) is 7.77. The van der Waals surface area contributed by atoms with E-state index in [0.717, 1.165) is 12.8 Å². The zero-order valence-electron chi connectivity index (χ0n) is 17.5. The Labute approximate surface area is 182 Å². The van der Waals surface area contributed by atoms with Gasteiger partial charge in [-0.1, -0.05) is 6.07 Å². The molecule has 0 radical (unpaired) electrons. The van der Waals surface area contributed by atoms with E-state index in [1.165, 1.54) is 18.3 Å². The molecule has 1 amide bonds. The van der Waals surface area contributed by atoms with Crippen LogP contribution in [0.5, 0.6) is 0 Å². The average molecular weight is 443 g/mol. The summed E-state index contributed by atoms with van der Waals surface area (Å²) in [5.74, 6) is -3.02. The summed E-state index contributed by atoms with van der Waals surface area (Å²) in [4.78, 5) is 37.1. The molecule has 1 aliphatic heterocycles. The van der Waals surface area contributed by atoms with Gasteiger partial charge in [-0.3, -0.25) is 14.5 Å². The highest BCUT2D eigenvalue weighted by molar-refractivity contribution is 5.94. The van der Waals surface area contributed by atoms with Crippen molar-refractivity contribution in [1.29, 1.82) is 0 Å². The van der Waals surface area contributed by atoms with Gasteiger partial charge in [0, 0.05) is 37.7 Å². The number of aromatic amines is 1. The summed E-state index contributed by atoms with van der Waals surface area (Å²) in [7, 11) is 0. The molecule has 1 aliphatic carbocycles. The van der Waals surface area contributed by atoms with E-state index in [-0.39, 0.29) is 31.0 Å². The number of anilines is 1. The lowest BCUT2D eigenvalue weighted by Crippen LogP contribution is -2.52. The van der Waals surface area contributed by atoms with E-state index in [1.807, 2.05) is 0 Å². The predicted octanol–water partition coefficient (Wildman–Crippen LogP) is 3.24. The van der Waals surface area contributed by atoms with Gasteiger partial charge in [0.05, 0.1) is 12.0 Å². The number of piperidine rings is 1. The molecule has 5 rings (SSSR count). The molecule has 2 aliphatic rings. The molecule has 3 aromatic heterocycles. The maximum absolute atomic E-state index is 14.6. The third kappa shape index (κ3) is 4.02. The van der Waals surface area contributed by atoms with Crippen molar-refractivity contribution in [1.82, 2.24) is 19.9 Å². The molecule has 2 unspecified atom stereocenters. The summed E-state index contributed by atoms with van der Waals surface area (Å²) in [6.45, 7) is 1.76. The molecule has 32 heavy (non-hydrogen) atoms. The van der Waals surface area contributed by atoms with Crippen LogP contribution in [0, 0.1) is 0 Å². The van der Waals surface area contributed by atoms with Crippen molar-refractivity contribution in [2.75, 3.05) is 18.4 Å². The van der Waals surface area contributed by atoms with Crippen molar-refractivity contribution in [2.24, 2.45) is 0 Å². The van der Waals surface area contributed by atoms with Crippen LogP contribution in [0.25, 0.3) is 11.2 Å². The molecule has 168 valence electrons. The van der Waals surface area contributed by atoms with E-state index in [1.54, 1.807) is 24.0 Å². The van der Waals surface area contributed by atoms with Crippen LogP contribution in [-0.4, -0.2) is 50.8 Å². The van der Waals surface area contributed by atoms with Gasteiger partial charge < -0.3 is 14.7 Å². The number of pyridine rings is 2. The minimum Gasteiger partial charge on any atom is -0.439 e. The summed E-state index contributed by atoms with van der Waals surface area (Å²) < 4.78 is 34.9. The lowest BCUT2D eigenvalue weighted by Gasteiger charge is -2.40. The number of H-pyrrole nitrogens is 1. The molecule has 0 aromatic carbocycles.